The van der Waals surface area contributed by atoms with E-state index in [2.05, 4.69) is 0 Å². The zero-order valence-electron chi connectivity index (χ0n) is 13.4. The van der Waals surface area contributed by atoms with Crippen molar-refractivity contribution in [1.29, 1.82) is 0 Å². The van der Waals surface area contributed by atoms with Crippen LogP contribution in [0.15, 0.2) is 24.3 Å². The molecule has 0 unspecified atom stereocenters. The predicted octanol–water partition coefficient (Wildman–Crippen LogP) is 1.77. The molecule has 1 aliphatic heterocycles. The largest absolute Gasteiger partial charge is 0.447 e. The van der Waals surface area contributed by atoms with E-state index < -0.39 is 36.5 Å². The number of aliphatic hydroxyl groups is 2. The topological polar surface area (TPSA) is 77.4 Å². The molecule has 1 aromatic rings. The minimum atomic E-state index is -1.24. The van der Waals surface area contributed by atoms with Gasteiger partial charge in [-0.1, -0.05) is 6.92 Å². The van der Waals surface area contributed by atoms with Gasteiger partial charge in [-0.25, -0.2) is 4.39 Å². The Bertz CT molecular complexity index is 540. The number of aliphatic hydroxyl groups excluding tert-OH is 2. The van der Waals surface area contributed by atoms with Gasteiger partial charge in [-0.2, -0.15) is 0 Å². The second-order valence-electron chi connectivity index (χ2n) is 5.45. The van der Waals surface area contributed by atoms with Gasteiger partial charge >= 0.3 is 5.24 Å². The molecule has 1 aromatic carbocycles. The molecule has 134 valence electrons. The summed E-state index contributed by atoms with van der Waals surface area (Å²) in [6.07, 6.45) is -4.21. The van der Waals surface area contributed by atoms with E-state index in [-0.39, 0.29) is 11.0 Å². The maximum absolute atomic E-state index is 12.9. The van der Waals surface area contributed by atoms with Crippen molar-refractivity contribution in [2.75, 3.05) is 6.61 Å². The number of thiocarbonyl (C=S) groups is 1. The molecule has 0 spiro atoms. The van der Waals surface area contributed by atoms with Crippen LogP contribution in [0.3, 0.4) is 0 Å². The van der Waals surface area contributed by atoms with E-state index in [1.165, 1.54) is 24.3 Å². The van der Waals surface area contributed by atoms with Crippen molar-refractivity contribution in [3.63, 3.8) is 0 Å². The number of halogens is 1. The smallest absolute Gasteiger partial charge is 0.358 e. The van der Waals surface area contributed by atoms with Gasteiger partial charge in [0.25, 0.3) is 0 Å². The van der Waals surface area contributed by atoms with Crippen molar-refractivity contribution in [3.05, 3.63) is 30.1 Å². The van der Waals surface area contributed by atoms with E-state index in [1.807, 2.05) is 6.92 Å². The molecule has 0 amide bonds. The number of ether oxygens (including phenoxy) is 4. The number of hydrogen-bond donors (Lipinski definition) is 2. The van der Waals surface area contributed by atoms with Crippen LogP contribution in [0.1, 0.15) is 20.3 Å². The Labute approximate surface area is 145 Å². The second-order valence-corrected chi connectivity index (χ2v) is 5.78. The molecule has 0 aromatic heterocycles. The molecule has 0 saturated carbocycles. The molecule has 8 heteroatoms. The maximum Gasteiger partial charge on any atom is 0.358 e. The Hall–Kier alpha value is -1.32. The normalized spacial score (nSPS) is 30.0. The van der Waals surface area contributed by atoms with Gasteiger partial charge in [0, 0.05) is 18.8 Å². The van der Waals surface area contributed by atoms with Crippen LogP contribution in [0.5, 0.6) is 5.75 Å². The third-order valence-corrected chi connectivity index (χ3v) is 3.69. The summed E-state index contributed by atoms with van der Waals surface area (Å²) in [5.74, 6) is -0.126. The summed E-state index contributed by atoms with van der Waals surface area (Å²) >= 11 is 4.98. The third kappa shape index (κ3) is 4.84. The summed E-state index contributed by atoms with van der Waals surface area (Å²) in [5, 5.41) is 20.2. The lowest BCUT2D eigenvalue weighted by atomic mass is 10.00. The first kappa shape index (κ1) is 19.0. The number of rotatable bonds is 5. The minimum Gasteiger partial charge on any atom is -0.447 e. The van der Waals surface area contributed by atoms with Crippen molar-refractivity contribution >= 4 is 17.5 Å². The fraction of sp³-hybridized carbons (Fsp3) is 0.562. The molecule has 0 bridgehead atoms. The van der Waals surface area contributed by atoms with Gasteiger partial charge in [-0.15, -0.1) is 0 Å². The highest BCUT2D eigenvalue weighted by Crippen LogP contribution is 2.25. The Kier molecular flexibility index (Phi) is 6.88. The Morgan fingerprint density at radius 1 is 1.25 bits per heavy atom. The summed E-state index contributed by atoms with van der Waals surface area (Å²) in [6, 6.07) is 5.20. The molecule has 1 heterocycles. The van der Waals surface area contributed by atoms with Crippen LogP contribution < -0.4 is 4.74 Å². The Morgan fingerprint density at radius 3 is 2.54 bits per heavy atom. The molecule has 2 rings (SSSR count). The van der Waals surface area contributed by atoms with E-state index >= 15 is 0 Å². The zero-order valence-corrected chi connectivity index (χ0v) is 14.2. The average Bonchev–Trinajstić information content (AvgIpc) is 2.56. The summed E-state index contributed by atoms with van der Waals surface area (Å²) in [6.45, 7) is 3.96. The first-order chi connectivity index (χ1) is 11.4. The highest BCUT2D eigenvalue weighted by molar-refractivity contribution is 7.79. The lowest BCUT2D eigenvalue weighted by Crippen LogP contribution is -2.59. The van der Waals surface area contributed by atoms with Gasteiger partial charge in [0.2, 0.25) is 0 Å². The van der Waals surface area contributed by atoms with Gasteiger partial charge in [-0.05, 0) is 37.6 Å². The van der Waals surface area contributed by atoms with Crippen molar-refractivity contribution in [2.45, 2.75) is 51.0 Å². The molecule has 1 saturated heterocycles. The van der Waals surface area contributed by atoms with Crippen molar-refractivity contribution in [3.8, 4) is 5.75 Å². The summed E-state index contributed by atoms with van der Waals surface area (Å²) in [4.78, 5) is 0. The van der Waals surface area contributed by atoms with Crippen molar-refractivity contribution in [2.24, 2.45) is 0 Å². The minimum absolute atomic E-state index is 0.282. The van der Waals surface area contributed by atoms with E-state index in [4.69, 9.17) is 31.2 Å². The van der Waals surface area contributed by atoms with Gasteiger partial charge in [-0.3, -0.25) is 0 Å². The van der Waals surface area contributed by atoms with Crippen LogP contribution in [0.4, 0.5) is 4.39 Å². The molecule has 0 radical (unpaired) electrons. The summed E-state index contributed by atoms with van der Waals surface area (Å²) in [7, 11) is 0. The molecule has 1 aliphatic rings. The van der Waals surface area contributed by atoms with Gasteiger partial charge in [0.05, 0.1) is 6.10 Å². The van der Waals surface area contributed by atoms with Crippen LogP contribution in [-0.4, -0.2) is 52.8 Å². The molecule has 24 heavy (non-hydrogen) atoms. The van der Waals surface area contributed by atoms with Crippen LogP contribution in [-0.2, 0) is 14.2 Å². The molecule has 0 aliphatic carbocycles. The van der Waals surface area contributed by atoms with Crippen molar-refractivity contribution in [1.82, 2.24) is 0 Å². The average molecular weight is 360 g/mol. The Balaban J connectivity index is 1.99. The molecule has 6 nitrogen and oxygen atoms in total. The first-order valence-corrected chi connectivity index (χ1v) is 8.10. The summed E-state index contributed by atoms with van der Waals surface area (Å²) < 4.78 is 34.4. The lowest BCUT2D eigenvalue weighted by molar-refractivity contribution is -0.291. The summed E-state index contributed by atoms with van der Waals surface area (Å²) in [5.41, 5.74) is 0. The highest BCUT2D eigenvalue weighted by Gasteiger charge is 2.45. The quantitative estimate of drug-likeness (QED) is 0.775. The lowest BCUT2D eigenvalue weighted by Gasteiger charge is -2.40. The van der Waals surface area contributed by atoms with Crippen LogP contribution in [0.2, 0.25) is 0 Å². The first-order valence-electron chi connectivity index (χ1n) is 7.69. The Morgan fingerprint density at radius 2 is 1.92 bits per heavy atom. The standard InChI is InChI=1S/C16H21FO6S/c1-3-8-20-15-13(19)14(12(18)9(2)21-15)23-16(24)22-11-6-4-10(17)5-7-11/h4-7,9,12-15,18-19H,3,8H2,1-2H3/t9-,12+,13-,14+,15+/m0/s1. The highest BCUT2D eigenvalue weighted by atomic mass is 32.1. The fourth-order valence-corrected chi connectivity index (χ4v) is 2.45. The van der Waals surface area contributed by atoms with Crippen LogP contribution >= 0.6 is 12.2 Å². The third-order valence-electron chi connectivity index (χ3n) is 3.52. The van der Waals surface area contributed by atoms with E-state index in [0.717, 1.165) is 6.42 Å². The zero-order chi connectivity index (χ0) is 17.7. The molecular formula is C16H21FO6S. The van der Waals surface area contributed by atoms with Crippen LogP contribution in [0, 0.1) is 5.82 Å². The van der Waals surface area contributed by atoms with Crippen molar-refractivity contribution < 1.29 is 33.6 Å². The van der Waals surface area contributed by atoms with Gasteiger partial charge in [0.15, 0.2) is 12.4 Å². The van der Waals surface area contributed by atoms with E-state index in [1.54, 1.807) is 6.92 Å². The van der Waals surface area contributed by atoms with E-state index in [0.29, 0.717) is 6.61 Å². The van der Waals surface area contributed by atoms with E-state index in [9.17, 15) is 14.6 Å². The van der Waals surface area contributed by atoms with Gasteiger partial charge < -0.3 is 29.2 Å². The maximum atomic E-state index is 12.9. The molecule has 1 fully saturated rings. The number of hydrogen-bond acceptors (Lipinski definition) is 7. The SMILES string of the molecule is CCCO[C@@H]1O[C@@H](C)[C@@H](O)[C@@H](OC(=S)Oc2ccc(F)cc2)[C@@H]1O. The molecular weight excluding hydrogens is 339 g/mol. The van der Waals surface area contributed by atoms with Gasteiger partial charge in [0.1, 0.15) is 23.8 Å². The second kappa shape index (κ2) is 8.68. The molecule has 2 N–H and O–H groups in total. The van der Waals surface area contributed by atoms with Crippen LogP contribution in [0.25, 0.3) is 0 Å². The number of benzene rings is 1. The monoisotopic (exact) mass is 360 g/mol. The molecule has 5 atom stereocenters. The predicted molar refractivity (Wildman–Crippen MR) is 87.1 cm³/mol. The fourth-order valence-electron chi connectivity index (χ4n) is 2.24.